The van der Waals surface area contributed by atoms with Crippen LogP contribution in [0.5, 0.6) is 0 Å². The summed E-state index contributed by atoms with van der Waals surface area (Å²) < 4.78 is 0. The van der Waals surface area contributed by atoms with Crippen molar-refractivity contribution in [3.8, 4) is 0 Å². The number of likely N-dealkylation sites (tertiary alicyclic amines) is 1. The van der Waals surface area contributed by atoms with E-state index in [1.165, 1.54) is 24.9 Å². The minimum absolute atomic E-state index is 0.358. The molecule has 1 aliphatic heterocycles. The highest BCUT2D eigenvalue weighted by atomic mass is 15.2. The number of piperidine rings is 1. The third-order valence-corrected chi connectivity index (χ3v) is 4.41. The van der Waals surface area contributed by atoms with E-state index in [1.54, 1.807) is 0 Å². The van der Waals surface area contributed by atoms with Crippen LogP contribution >= 0.6 is 0 Å². The molecule has 1 aliphatic rings. The van der Waals surface area contributed by atoms with Crippen molar-refractivity contribution in [1.82, 2.24) is 9.80 Å². The Labute approximate surface area is 123 Å². The second-order valence-corrected chi connectivity index (χ2v) is 5.81. The SMILES string of the molecule is CCN(CC)C(CN1CCCC(N)C1)c1ccccc1. The summed E-state index contributed by atoms with van der Waals surface area (Å²) in [7, 11) is 0. The molecular formula is C17H29N3. The predicted octanol–water partition coefficient (Wildman–Crippen LogP) is 2.49. The lowest BCUT2D eigenvalue weighted by atomic mass is 10.0. The predicted molar refractivity (Wildman–Crippen MR) is 85.8 cm³/mol. The summed E-state index contributed by atoms with van der Waals surface area (Å²) in [4.78, 5) is 5.10. The van der Waals surface area contributed by atoms with Crippen LogP contribution in [0, 0.1) is 0 Å². The Morgan fingerprint density at radius 2 is 1.95 bits per heavy atom. The molecular weight excluding hydrogens is 246 g/mol. The molecule has 0 bridgehead atoms. The van der Waals surface area contributed by atoms with Gasteiger partial charge in [-0.25, -0.2) is 0 Å². The first-order chi connectivity index (χ1) is 9.74. The van der Waals surface area contributed by atoms with E-state index in [0.29, 0.717) is 12.1 Å². The first-order valence-electron chi connectivity index (χ1n) is 8.01. The molecule has 20 heavy (non-hydrogen) atoms. The number of rotatable bonds is 6. The molecule has 1 aromatic rings. The maximum Gasteiger partial charge on any atom is 0.0474 e. The molecule has 2 rings (SSSR count). The fourth-order valence-corrected chi connectivity index (χ4v) is 3.27. The average molecular weight is 275 g/mol. The van der Waals surface area contributed by atoms with E-state index in [0.717, 1.165) is 26.2 Å². The van der Waals surface area contributed by atoms with Crippen LogP contribution in [0.15, 0.2) is 30.3 Å². The zero-order valence-corrected chi connectivity index (χ0v) is 13.0. The minimum Gasteiger partial charge on any atom is -0.327 e. The first-order valence-corrected chi connectivity index (χ1v) is 8.01. The van der Waals surface area contributed by atoms with Gasteiger partial charge < -0.3 is 5.73 Å². The highest BCUT2D eigenvalue weighted by Gasteiger charge is 2.24. The lowest BCUT2D eigenvalue weighted by Crippen LogP contribution is -2.46. The average Bonchev–Trinajstić information content (AvgIpc) is 2.48. The molecule has 2 atom stereocenters. The molecule has 3 heteroatoms. The largest absolute Gasteiger partial charge is 0.327 e. The lowest BCUT2D eigenvalue weighted by molar-refractivity contribution is 0.126. The maximum atomic E-state index is 6.13. The van der Waals surface area contributed by atoms with Gasteiger partial charge in [0.2, 0.25) is 0 Å². The quantitative estimate of drug-likeness (QED) is 0.866. The molecule has 0 amide bonds. The summed E-state index contributed by atoms with van der Waals surface area (Å²) in [5, 5.41) is 0. The van der Waals surface area contributed by atoms with Gasteiger partial charge in [0.1, 0.15) is 0 Å². The van der Waals surface area contributed by atoms with Crippen molar-refractivity contribution >= 4 is 0 Å². The molecule has 0 aliphatic carbocycles. The molecule has 2 unspecified atom stereocenters. The lowest BCUT2D eigenvalue weighted by Gasteiger charge is -2.37. The molecule has 1 fully saturated rings. The third-order valence-electron chi connectivity index (χ3n) is 4.41. The highest BCUT2D eigenvalue weighted by Crippen LogP contribution is 2.23. The molecule has 0 radical (unpaired) electrons. The van der Waals surface area contributed by atoms with Crippen LogP contribution in [-0.4, -0.2) is 48.6 Å². The van der Waals surface area contributed by atoms with Crippen LogP contribution in [-0.2, 0) is 0 Å². The van der Waals surface area contributed by atoms with Crippen molar-refractivity contribution in [2.24, 2.45) is 5.73 Å². The van der Waals surface area contributed by atoms with Gasteiger partial charge in [0.25, 0.3) is 0 Å². The second-order valence-electron chi connectivity index (χ2n) is 5.81. The van der Waals surface area contributed by atoms with E-state index in [-0.39, 0.29) is 0 Å². The Morgan fingerprint density at radius 1 is 1.25 bits per heavy atom. The number of benzene rings is 1. The van der Waals surface area contributed by atoms with Gasteiger partial charge in [-0.1, -0.05) is 44.2 Å². The fourth-order valence-electron chi connectivity index (χ4n) is 3.27. The molecule has 2 N–H and O–H groups in total. The van der Waals surface area contributed by atoms with Crippen molar-refractivity contribution in [3.63, 3.8) is 0 Å². The Bertz CT molecular complexity index is 375. The zero-order valence-electron chi connectivity index (χ0n) is 13.0. The van der Waals surface area contributed by atoms with Gasteiger partial charge in [0, 0.05) is 25.2 Å². The van der Waals surface area contributed by atoms with Crippen LogP contribution in [0.1, 0.15) is 38.3 Å². The third kappa shape index (κ3) is 4.05. The number of hydrogen-bond acceptors (Lipinski definition) is 3. The molecule has 3 nitrogen and oxygen atoms in total. The van der Waals surface area contributed by atoms with Crippen molar-refractivity contribution in [1.29, 1.82) is 0 Å². The van der Waals surface area contributed by atoms with Gasteiger partial charge in [-0.3, -0.25) is 9.80 Å². The van der Waals surface area contributed by atoms with E-state index < -0.39 is 0 Å². The van der Waals surface area contributed by atoms with Gasteiger partial charge in [0.15, 0.2) is 0 Å². The van der Waals surface area contributed by atoms with Gasteiger partial charge >= 0.3 is 0 Å². The Balaban J connectivity index is 2.10. The molecule has 0 aromatic heterocycles. The van der Waals surface area contributed by atoms with E-state index in [9.17, 15) is 0 Å². The van der Waals surface area contributed by atoms with Gasteiger partial charge in [-0.2, -0.15) is 0 Å². The fraction of sp³-hybridized carbons (Fsp3) is 0.647. The summed E-state index contributed by atoms with van der Waals surface area (Å²) in [6.07, 6.45) is 2.42. The van der Waals surface area contributed by atoms with E-state index in [4.69, 9.17) is 5.73 Å². The molecule has 0 saturated carbocycles. The van der Waals surface area contributed by atoms with E-state index in [1.807, 2.05) is 0 Å². The Hall–Kier alpha value is -0.900. The van der Waals surface area contributed by atoms with Gasteiger partial charge in [-0.05, 0) is 38.0 Å². The number of nitrogens with zero attached hydrogens (tertiary/aromatic N) is 2. The molecule has 1 heterocycles. The van der Waals surface area contributed by atoms with Crippen molar-refractivity contribution in [3.05, 3.63) is 35.9 Å². The standard InChI is InChI=1S/C17H29N3/c1-3-20(4-2)17(15-9-6-5-7-10-15)14-19-12-8-11-16(18)13-19/h5-7,9-10,16-17H,3-4,8,11-14,18H2,1-2H3. The Kier molecular flexibility index (Phi) is 6.02. The van der Waals surface area contributed by atoms with Crippen molar-refractivity contribution in [2.75, 3.05) is 32.7 Å². The van der Waals surface area contributed by atoms with Gasteiger partial charge in [-0.15, -0.1) is 0 Å². The molecule has 0 spiro atoms. The summed E-state index contributed by atoms with van der Waals surface area (Å²) in [6, 6.07) is 11.7. The van der Waals surface area contributed by atoms with Crippen LogP contribution in [0.3, 0.4) is 0 Å². The van der Waals surface area contributed by atoms with Crippen LogP contribution in [0.25, 0.3) is 0 Å². The van der Waals surface area contributed by atoms with E-state index in [2.05, 4.69) is 54.0 Å². The van der Waals surface area contributed by atoms with E-state index >= 15 is 0 Å². The number of hydrogen-bond donors (Lipinski definition) is 1. The molecule has 1 aromatic carbocycles. The number of nitrogens with two attached hydrogens (primary N) is 1. The summed E-state index contributed by atoms with van der Waals surface area (Å²) >= 11 is 0. The normalized spacial score (nSPS) is 22.1. The van der Waals surface area contributed by atoms with Crippen LogP contribution in [0.4, 0.5) is 0 Å². The first kappa shape index (κ1) is 15.5. The van der Waals surface area contributed by atoms with Crippen molar-refractivity contribution in [2.45, 2.75) is 38.8 Å². The topological polar surface area (TPSA) is 32.5 Å². The monoisotopic (exact) mass is 275 g/mol. The van der Waals surface area contributed by atoms with Crippen LogP contribution < -0.4 is 5.73 Å². The molecule has 1 saturated heterocycles. The molecule has 112 valence electrons. The summed E-state index contributed by atoms with van der Waals surface area (Å²) in [5.74, 6) is 0. The van der Waals surface area contributed by atoms with Gasteiger partial charge in [0.05, 0.1) is 0 Å². The Morgan fingerprint density at radius 3 is 2.55 bits per heavy atom. The summed E-state index contributed by atoms with van der Waals surface area (Å²) in [6.45, 7) is 10.0. The zero-order chi connectivity index (χ0) is 14.4. The van der Waals surface area contributed by atoms with Crippen LogP contribution in [0.2, 0.25) is 0 Å². The minimum atomic E-state index is 0.358. The summed E-state index contributed by atoms with van der Waals surface area (Å²) in [5.41, 5.74) is 7.55. The highest BCUT2D eigenvalue weighted by molar-refractivity contribution is 5.19. The second kappa shape index (κ2) is 7.77. The number of likely N-dealkylation sites (N-methyl/N-ethyl adjacent to an activating group) is 1. The smallest absolute Gasteiger partial charge is 0.0474 e. The van der Waals surface area contributed by atoms with Crippen molar-refractivity contribution < 1.29 is 0 Å². The maximum absolute atomic E-state index is 6.13.